The summed E-state index contributed by atoms with van der Waals surface area (Å²) in [4.78, 5) is 12.3. The summed E-state index contributed by atoms with van der Waals surface area (Å²) in [6.45, 7) is 10.9. The minimum absolute atomic E-state index is 0.377. The van der Waals surface area contributed by atoms with E-state index < -0.39 is 28.8 Å². The highest BCUT2D eigenvalue weighted by Gasteiger charge is 2.42. The van der Waals surface area contributed by atoms with Gasteiger partial charge in [0.05, 0.1) is 0 Å². The van der Waals surface area contributed by atoms with Crippen LogP contribution in [0.5, 0.6) is 5.75 Å². The van der Waals surface area contributed by atoms with Crippen molar-refractivity contribution in [2.24, 2.45) is 0 Å². The van der Waals surface area contributed by atoms with Crippen LogP contribution in [0.4, 0.5) is 0 Å². The fourth-order valence-electron chi connectivity index (χ4n) is 2.94. The number of fused-ring (bicyclic) bond motifs is 2. The van der Waals surface area contributed by atoms with Crippen molar-refractivity contribution >= 4 is 11.0 Å². The molecular formula is C19H22O5. The van der Waals surface area contributed by atoms with Crippen LogP contribution >= 0.6 is 0 Å². The maximum atomic E-state index is 12.3. The highest BCUT2D eigenvalue weighted by atomic mass is 16.5. The van der Waals surface area contributed by atoms with Crippen molar-refractivity contribution in [1.82, 2.24) is 0 Å². The molecule has 0 saturated heterocycles. The SMILES string of the molecule is C=CC(C)(C)c1cc2cc3c(cc2oc1=O)OC(C)(C)[C@H](O)[C@H]3O. The average Bonchev–Trinajstić information content (AvgIpc) is 2.50. The van der Waals surface area contributed by atoms with Crippen molar-refractivity contribution in [3.63, 3.8) is 0 Å². The first-order chi connectivity index (χ1) is 11.1. The van der Waals surface area contributed by atoms with Gasteiger partial charge in [0.1, 0.15) is 29.1 Å². The maximum absolute atomic E-state index is 12.3. The van der Waals surface area contributed by atoms with Crippen LogP contribution < -0.4 is 10.4 Å². The zero-order chi connectivity index (χ0) is 17.9. The first kappa shape index (κ1) is 16.7. The Bertz CT molecular complexity index is 875. The Morgan fingerprint density at radius 2 is 1.92 bits per heavy atom. The third kappa shape index (κ3) is 2.44. The molecular weight excluding hydrogens is 308 g/mol. The van der Waals surface area contributed by atoms with E-state index in [0.29, 0.717) is 27.8 Å². The van der Waals surface area contributed by atoms with Crippen molar-refractivity contribution in [1.29, 1.82) is 0 Å². The molecule has 128 valence electrons. The second-order valence-electron chi connectivity index (χ2n) is 7.40. The van der Waals surface area contributed by atoms with E-state index in [1.807, 2.05) is 13.8 Å². The number of hydrogen-bond acceptors (Lipinski definition) is 5. The van der Waals surface area contributed by atoms with E-state index >= 15 is 0 Å². The van der Waals surface area contributed by atoms with E-state index in [-0.39, 0.29) is 0 Å². The Kier molecular flexibility index (Phi) is 3.62. The minimum Gasteiger partial charge on any atom is -0.485 e. The fraction of sp³-hybridized carbons (Fsp3) is 0.421. The Morgan fingerprint density at radius 3 is 2.54 bits per heavy atom. The van der Waals surface area contributed by atoms with Gasteiger partial charge in [0.25, 0.3) is 0 Å². The lowest BCUT2D eigenvalue weighted by atomic mass is 9.84. The molecule has 1 aromatic carbocycles. The van der Waals surface area contributed by atoms with Gasteiger partial charge in [-0.05, 0) is 26.0 Å². The van der Waals surface area contributed by atoms with Gasteiger partial charge in [-0.15, -0.1) is 6.58 Å². The summed E-state index contributed by atoms with van der Waals surface area (Å²) < 4.78 is 11.2. The van der Waals surface area contributed by atoms with E-state index in [1.165, 1.54) is 0 Å². The molecule has 2 heterocycles. The van der Waals surface area contributed by atoms with Crippen molar-refractivity contribution in [2.45, 2.75) is 50.9 Å². The molecule has 0 saturated carbocycles. The molecule has 0 fully saturated rings. The third-order valence-electron chi connectivity index (χ3n) is 4.77. The summed E-state index contributed by atoms with van der Waals surface area (Å²) in [5.41, 5.74) is -0.570. The molecule has 2 aromatic rings. The van der Waals surface area contributed by atoms with Crippen molar-refractivity contribution < 1.29 is 19.4 Å². The van der Waals surface area contributed by atoms with Crippen LogP contribution in [0.25, 0.3) is 11.0 Å². The molecule has 0 unspecified atom stereocenters. The monoisotopic (exact) mass is 330 g/mol. The molecule has 0 amide bonds. The number of rotatable bonds is 2. The van der Waals surface area contributed by atoms with E-state index in [2.05, 4.69) is 6.58 Å². The van der Waals surface area contributed by atoms with E-state index in [4.69, 9.17) is 9.15 Å². The largest absolute Gasteiger partial charge is 0.485 e. The lowest BCUT2D eigenvalue weighted by molar-refractivity contribution is -0.111. The molecule has 1 aliphatic rings. The number of allylic oxidation sites excluding steroid dienone is 1. The van der Waals surface area contributed by atoms with Gasteiger partial charge in [0.15, 0.2) is 0 Å². The van der Waals surface area contributed by atoms with Gasteiger partial charge < -0.3 is 19.4 Å². The topological polar surface area (TPSA) is 79.9 Å². The average molecular weight is 330 g/mol. The molecule has 0 bridgehead atoms. The van der Waals surface area contributed by atoms with Crippen LogP contribution in [0.3, 0.4) is 0 Å². The van der Waals surface area contributed by atoms with Crippen LogP contribution in [0, 0.1) is 0 Å². The highest BCUT2D eigenvalue weighted by Crippen LogP contribution is 2.41. The maximum Gasteiger partial charge on any atom is 0.340 e. The number of benzene rings is 1. The molecule has 1 aliphatic heterocycles. The van der Waals surface area contributed by atoms with Gasteiger partial charge in [-0.25, -0.2) is 4.79 Å². The van der Waals surface area contributed by atoms with Crippen LogP contribution in [-0.2, 0) is 5.41 Å². The molecule has 2 N–H and O–H groups in total. The van der Waals surface area contributed by atoms with Crippen LogP contribution in [0.15, 0.2) is 40.1 Å². The summed E-state index contributed by atoms with van der Waals surface area (Å²) in [6, 6.07) is 5.02. The van der Waals surface area contributed by atoms with Crippen LogP contribution in [0.2, 0.25) is 0 Å². The molecule has 5 nitrogen and oxygen atoms in total. The Balaban J connectivity index is 2.25. The molecule has 3 rings (SSSR count). The summed E-state index contributed by atoms with van der Waals surface area (Å²) in [5.74, 6) is 0.407. The first-order valence-electron chi connectivity index (χ1n) is 7.88. The summed E-state index contributed by atoms with van der Waals surface area (Å²) in [6.07, 6.45) is -0.438. The molecule has 24 heavy (non-hydrogen) atoms. The molecule has 5 heteroatoms. The zero-order valence-electron chi connectivity index (χ0n) is 14.3. The standard InChI is InChI=1S/C19H22O5/c1-6-18(2,3)12-8-10-7-11-14(9-13(10)23-17(12)22)24-19(4,5)16(21)15(11)20/h6-9,15-16,20-21H,1H2,2-5H3/t15-,16+/m0/s1. The molecule has 0 aliphatic carbocycles. The Morgan fingerprint density at radius 1 is 1.25 bits per heavy atom. The number of aliphatic hydroxyl groups is 2. The Hall–Kier alpha value is -2.11. The predicted molar refractivity (Wildman–Crippen MR) is 91.4 cm³/mol. The van der Waals surface area contributed by atoms with Crippen molar-refractivity contribution in [2.75, 3.05) is 0 Å². The predicted octanol–water partition coefficient (Wildman–Crippen LogP) is 2.82. The number of hydrogen-bond donors (Lipinski definition) is 2. The van der Waals surface area contributed by atoms with Crippen LogP contribution in [-0.4, -0.2) is 21.9 Å². The molecule has 0 spiro atoms. The first-order valence-corrected chi connectivity index (χ1v) is 7.88. The zero-order valence-corrected chi connectivity index (χ0v) is 14.3. The lowest BCUT2D eigenvalue weighted by Crippen LogP contribution is -2.48. The van der Waals surface area contributed by atoms with E-state index in [9.17, 15) is 15.0 Å². The highest BCUT2D eigenvalue weighted by molar-refractivity contribution is 5.80. The van der Waals surface area contributed by atoms with Gasteiger partial charge >= 0.3 is 5.63 Å². The number of aliphatic hydroxyl groups excluding tert-OH is 2. The normalized spacial score (nSPS) is 22.8. The van der Waals surface area contributed by atoms with Gasteiger partial charge in [0, 0.05) is 28.0 Å². The van der Waals surface area contributed by atoms with Gasteiger partial charge in [-0.1, -0.05) is 19.9 Å². The lowest BCUT2D eigenvalue weighted by Gasteiger charge is -2.40. The van der Waals surface area contributed by atoms with Crippen molar-refractivity contribution in [3.05, 3.63) is 52.4 Å². The summed E-state index contributed by atoms with van der Waals surface area (Å²) in [7, 11) is 0. The quantitative estimate of drug-likeness (QED) is 0.654. The molecule has 0 radical (unpaired) electrons. The second-order valence-corrected chi connectivity index (χ2v) is 7.40. The smallest absolute Gasteiger partial charge is 0.340 e. The second kappa shape index (κ2) is 5.19. The summed E-state index contributed by atoms with van der Waals surface area (Å²) in [5, 5.41) is 21.3. The van der Waals surface area contributed by atoms with Crippen LogP contribution in [0.1, 0.15) is 44.9 Å². The third-order valence-corrected chi connectivity index (χ3v) is 4.77. The van der Waals surface area contributed by atoms with Gasteiger partial charge in [-0.2, -0.15) is 0 Å². The van der Waals surface area contributed by atoms with Gasteiger partial charge in [-0.3, -0.25) is 0 Å². The minimum atomic E-state index is -1.07. The van der Waals surface area contributed by atoms with Gasteiger partial charge in [0.2, 0.25) is 0 Å². The fourth-order valence-corrected chi connectivity index (χ4v) is 2.94. The van der Waals surface area contributed by atoms with E-state index in [1.54, 1.807) is 38.1 Å². The Labute approximate surface area is 140 Å². The molecule has 1 aromatic heterocycles. The van der Waals surface area contributed by atoms with Crippen molar-refractivity contribution in [3.8, 4) is 5.75 Å². The molecule has 2 atom stereocenters. The summed E-state index contributed by atoms with van der Waals surface area (Å²) >= 11 is 0. The number of ether oxygens (including phenoxy) is 1. The van der Waals surface area contributed by atoms with E-state index in [0.717, 1.165) is 0 Å².